The van der Waals surface area contributed by atoms with Gasteiger partial charge in [-0.25, -0.2) is 0 Å². The average Bonchev–Trinajstić information content (AvgIpc) is 2.69. The highest BCUT2D eigenvalue weighted by atomic mass is 16.5. The molecule has 0 fully saturated rings. The van der Waals surface area contributed by atoms with Crippen LogP contribution in [-0.2, 0) is 11.2 Å². The van der Waals surface area contributed by atoms with E-state index in [1.807, 2.05) is 55.4 Å². The number of nitrogens with one attached hydrogen (secondary N) is 1. The molecule has 150 valence electrons. The van der Waals surface area contributed by atoms with Crippen LogP contribution >= 0.6 is 0 Å². The number of hydrogen-bond acceptors (Lipinski definition) is 5. The predicted molar refractivity (Wildman–Crippen MR) is 113 cm³/mol. The first-order valence-electron chi connectivity index (χ1n) is 9.49. The minimum absolute atomic E-state index is 0.00613. The van der Waals surface area contributed by atoms with Crippen LogP contribution in [0.5, 0.6) is 11.5 Å². The van der Waals surface area contributed by atoms with Crippen molar-refractivity contribution < 1.29 is 14.3 Å². The van der Waals surface area contributed by atoms with Crippen LogP contribution in [0.1, 0.15) is 24.1 Å². The fourth-order valence-corrected chi connectivity index (χ4v) is 3.64. The Balaban J connectivity index is 1.67. The molecule has 6 nitrogen and oxygen atoms in total. The highest BCUT2D eigenvalue weighted by Crippen LogP contribution is 2.37. The van der Waals surface area contributed by atoms with Crippen molar-refractivity contribution in [1.82, 2.24) is 4.90 Å². The lowest BCUT2D eigenvalue weighted by Gasteiger charge is -2.35. The van der Waals surface area contributed by atoms with Gasteiger partial charge in [0.1, 0.15) is 0 Å². The summed E-state index contributed by atoms with van der Waals surface area (Å²) in [7, 11) is 7.28. The van der Waals surface area contributed by atoms with Gasteiger partial charge in [-0.2, -0.15) is 0 Å². The maximum Gasteiger partial charge on any atom is 0.238 e. The Morgan fingerprint density at radius 1 is 1.14 bits per heavy atom. The summed E-state index contributed by atoms with van der Waals surface area (Å²) in [6, 6.07) is 12.1. The van der Waals surface area contributed by atoms with Gasteiger partial charge in [0.25, 0.3) is 0 Å². The second-order valence-electron chi connectivity index (χ2n) is 7.29. The molecule has 0 bridgehead atoms. The van der Waals surface area contributed by atoms with Gasteiger partial charge < -0.3 is 19.7 Å². The molecule has 1 atom stereocenters. The third kappa shape index (κ3) is 4.22. The Morgan fingerprint density at radius 2 is 1.79 bits per heavy atom. The molecule has 1 aliphatic heterocycles. The van der Waals surface area contributed by atoms with E-state index in [0.29, 0.717) is 6.54 Å². The predicted octanol–water partition coefficient (Wildman–Crippen LogP) is 3.33. The molecule has 1 amide bonds. The first kappa shape index (κ1) is 20.0. The van der Waals surface area contributed by atoms with Gasteiger partial charge in [-0.1, -0.05) is 0 Å². The van der Waals surface area contributed by atoms with Crippen molar-refractivity contribution in [2.45, 2.75) is 19.4 Å². The minimum atomic E-state index is -0.00613. The molecule has 1 unspecified atom stereocenters. The summed E-state index contributed by atoms with van der Waals surface area (Å²) in [6.45, 7) is 3.31. The van der Waals surface area contributed by atoms with E-state index >= 15 is 0 Å². The fourth-order valence-electron chi connectivity index (χ4n) is 3.64. The largest absolute Gasteiger partial charge is 0.493 e. The van der Waals surface area contributed by atoms with Gasteiger partial charge in [-0.05, 0) is 60.9 Å². The Kier molecular flexibility index (Phi) is 6.09. The number of benzene rings is 2. The van der Waals surface area contributed by atoms with Gasteiger partial charge in [-0.3, -0.25) is 9.69 Å². The number of carbonyl (C=O) groups is 1. The number of fused-ring (bicyclic) bond motifs is 1. The number of rotatable bonds is 6. The van der Waals surface area contributed by atoms with Crippen molar-refractivity contribution in [3.63, 3.8) is 0 Å². The molecule has 0 saturated carbocycles. The number of carbonyl (C=O) groups excluding carboxylic acids is 1. The quantitative estimate of drug-likeness (QED) is 0.829. The molecule has 3 rings (SSSR count). The van der Waals surface area contributed by atoms with Crippen LogP contribution in [0.3, 0.4) is 0 Å². The lowest BCUT2D eigenvalue weighted by Crippen LogP contribution is -2.39. The van der Waals surface area contributed by atoms with E-state index in [2.05, 4.69) is 17.1 Å². The molecule has 1 aliphatic rings. The van der Waals surface area contributed by atoms with Crippen molar-refractivity contribution in [3.05, 3.63) is 47.5 Å². The fraction of sp³-hybridized carbons (Fsp3) is 0.409. The van der Waals surface area contributed by atoms with Crippen LogP contribution in [0.15, 0.2) is 36.4 Å². The Bertz CT molecular complexity index is 834. The van der Waals surface area contributed by atoms with Gasteiger partial charge in [-0.15, -0.1) is 0 Å². The standard InChI is InChI=1S/C22H29N3O3/c1-15-19-13-21(28-5)20(27-4)12-16(19)10-11-25(15)14-22(26)23-17-6-8-18(9-7-17)24(2)3/h6-9,12-13,15H,10-11,14H2,1-5H3,(H,23,26). The van der Waals surface area contributed by atoms with Crippen molar-refractivity contribution in [1.29, 1.82) is 0 Å². The molecular weight excluding hydrogens is 354 g/mol. The van der Waals surface area contributed by atoms with Gasteiger partial charge >= 0.3 is 0 Å². The van der Waals surface area contributed by atoms with Gasteiger partial charge in [0.05, 0.1) is 20.8 Å². The molecule has 2 aromatic carbocycles. The summed E-state index contributed by atoms with van der Waals surface area (Å²) < 4.78 is 10.9. The Morgan fingerprint density at radius 3 is 2.39 bits per heavy atom. The summed E-state index contributed by atoms with van der Waals surface area (Å²) >= 11 is 0. The number of methoxy groups -OCH3 is 2. The number of hydrogen-bond donors (Lipinski definition) is 1. The summed E-state index contributed by atoms with van der Waals surface area (Å²) in [5.74, 6) is 1.47. The van der Waals surface area contributed by atoms with Crippen LogP contribution in [0.25, 0.3) is 0 Å². The SMILES string of the molecule is COc1cc2c(cc1OC)C(C)N(CC(=O)Nc1ccc(N(C)C)cc1)CC2. The maximum absolute atomic E-state index is 12.6. The zero-order valence-corrected chi connectivity index (χ0v) is 17.3. The number of ether oxygens (including phenoxy) is 2. The third-order valence-electron chi connectivity index (χ3n) is 5.33. The zero-order chi connectivity index (χ0) is 20.3. The lowest BCUT2D eigenvalue weighted by atomic mass is 9.93. The number of amides is 1. The van der Waals surface area contributed by atoms with Crippen LogP contribution < -0.4 is 19.7 Å². The monoisotopic (exact) mass is 383 g/mol. The third-order valence-corrected chi connectivity index (χ3v) is 5.33. The van der Waals surface area contributed by atoms with Crippen LogP contribution in [-0.4, -0.2) is 52.2 Å². The second-order valence-corrected chi connectivity index (χ2v) is 7.29. The van der Waals surface area contributed by atoms with Gasteiger partial charge in [0.2, 0.25) is 5.91 Å². The topological polar surface area (TPSA) is 54.0 Å². The van der Waals surface area contributed by atoms with E-state index in [1.165, 1.54) is 11.1 Å². The Labute approximate surface area is 167 Å². The van der Waals surface area contributed by atoms with Crippen molar-refractivity contribution in [2.75, 3.05) is 51.6 Å². The molecule has 2 aromatic rings. The molecular formula is C22H29N3O3. The van der Waals surface area contributed by atoms with Crippen LogP contribution in [0.4, 0.5) is 11.4 Å². The average molecular weight is 383 g/mol. The highest BCUT2D eigenvalue weighted by Gasteiger charge is 2.27. The highest BCUT2D eigenvalue weighted by molar-refractivity contribution is 5.92. The maximum atomic E-state index is 12.6. The van der Waals surface area contributed by atoms with Gasteiger partial charge in [0, 0.05) is 38.1 Å². The van der Waals surface area contributed by atoms with E-state index in [1.54, 1.807) is 14.2 Å². The minimum Gasteiger partial charge on any atom is -0.493 e. The molecule has 1 N–H and O–H groups in total. The smallest absolute Gasteiger partial charge is 0.238 e. The molecule has 0 radical (unpaired) electrons. The normalized spacial score (nSPS) is 16.2. The molecule has 0 aliphatic carbocycles. The van der Waals surface area contributed by atoms with E-state index in [9.17, 15) is 4.79 Å². The number of nitrogens with zero attached hydrogens (tertiary/aromatic N) is 2. The van der Waals surface area contributed by atoms with Crippen molar-refractivity contribution in [3.8, 4) is 11.5 Å². The lowest BCUT2D eigenvalue weighted by molar-refractivity contribution is -0.117. The van der Waals surface area contributed by atoms with Crippen molar-refractivity contribution in [2.24, 2.45) is 0 Å². The molecule has 1 heterocycles. The second kappa shape index (κ2) is 8.52. The molecule has 0 aromatic heterocycles. The zero-order valence-electron chi connectivity index (χ0n) is 17.3. The summed E-state index contributed by atoms with van der Waals surface area (Å²) in [5, 5.41) is 3.00. The summed E-state index contributed by atoms with van der Waals surface area (Å²) in [5.41, 5.74) is 4.35. The first-order valence-corrected chi connectivity index (χ1v) is 9.49. The first-order chi connectivity index (χ1) is 13.4. The van der Waals surface area contributed by atoms with E-state index in [4.69, 9.17) is 9.47 Å². The van der Waals surface area contributed by atoms with E-state index in [-0.39, 0.29) is 11.9 Å². The number of anilines is 2. The van der Waals surface area contributed by atoms with E-state index in [0.717, 1.165) is 35.8 Å². The Hall–Kier alpha value is -2.73. The van der Waals surface area contributed by atoms with Gasteiger partial charge in [0.15, 0.2) is 11.5 Å². The van der Waals surface area contributed by atoms with Crippen molar-refractivity contribution >= 4 is 17.3 Å². The molecule has 6 heteroatoms. The van der Waals surface area contributed by atoms with Crippen LogP contribution in [0, 0.1) is 0 Å². The van der Waals surface area contributed by atoms with Crippen LogP contribution in [0.2, 0.25) is 0 Å². The molecule has 0 spiro atoms. The summed E-state index contributed by atoms with van der Waals surface area (Å²) in [4.78, 5) is 16.8. The molecule has 28 heavy (non-hydrogen) atoms. The molecule has 0 saturated heterocycles. The van der Waals surface area contributed by atoms with E-state index < -0.39 is 0 Å². The summed E-state index contributed by atoms with van der Waals surface area (Å²) in [6.07, 6.45) is 0.880.